The number of imide groups is 1. The van der Waals surface area contributed by atoms with Gasteiger partial charge in [-0.2, -0.15) is 0 Å². The Kier molecular flexibility index (Phi) is 7.74. The third kappa shape index (κ3) is 5.43. The first-order valence-corrected chi connectivity index (χ1v) is 12.0. The number of fused-ring (bicyclic) bond motifs is 1. The van der Waals surface area contributed by atoms with Crippen molar-refractivity contribution in [3.05, 3.63) is 89.0 Å². The number of hydrogen-bond acceptors (Lipinski definition) is 5. The maximum atomic E-state index is 13.6. The monoisotopic (exact) mass is 485 g/mol. The third-order valence-corrected chi connectivity index (χ3v) is 6.12. The number of rotatable bonds is 9. The molecule has 0 fully saturated rings. The largest absolute Gasteiger partial charge is 0.497 e. The standard InChI is InChI=1S/C30H31NO5/c1-20(2)15-16-36-27-14-11-22(18-28(27)35-4)17-26-24-7-5-6-8-25(24)29(32)31(30(26)33)19-21-9-12-23(34-3)13-10-21/h5-14,17-18,20H,15-16,19H2,1-4H3/b26-17-. The van der Waals surface area contributed by atoms with Crippen LogP contribution in [0, 0.1) is 5.92 Å². The van der Waals surface area contributed by atoms with E-state index < -0.39 is 0 Å². The van der Waals surface area contributed by atoms with Gasteiger partial charge in [0.25, 0.3) is 11.8 Å². The lowest BCUT2D eigenvalue weighted by Crippen LogP contribution is -2.41. The summed E-state index contributed by atoms with van der Waals surface area (Å²) in [7, 11) is 3.19. The summed E-state index contributed by atoms with van der Waals surface area (Å²) < 4.78 is 16.7. The summed E-state index contributed by atoms with van der Waals surface area (Å²) in [6, 6.07) is 20.1. The predicted octanol–water partition coefficient (Wildman–Crippen LogP) is 5.85. The summed E-state index contributed by atoms with van der Waals surface area (Å²) >= 11 is 0. The van der Waals surface area contributed by atoms with Crippen LogP contribution in [0.25, 0.3) is 11.6 Å². The molecule has 0 aromatic heterocycles. The third-order valence-electron chi connectivity index (χ3n) is 6.12. The second kappa shape index (κ2) is 11.1. The van der Waals surface area contributed by atoms with Crippen LogP contribution < -0.4 is 14.2 Å². The first kappa shape index (κ1) is 25.0. The Balaban J connectivity index is 1.67. The first-order chi connectivity index (χ1) is 17.4. The zero-order chi connectivity index (χ0) is 25.7. The van der Waals surface area contributed by atoms with Crippen LogP contribution in [-0.4, -0.2) is 37.5 Å². The van der Waals surface area contributed by atoms with Crippen LogP contribution in [0.4, 0.5) is 0 Å². The van der Waals surface area contributed by atoms with E-state index in [4.69, 9.17) is 14.2 Å². The molecular weight excluding hydrogens is 454 g/mol. The summed E-state index contributed by atoms with van der Waals surface area (Å²) in [4.78, 5) is 28.2. The summed E-state index contributed by atoms with van der Waals surface area (Å²) in [5.41, 5.74) is 3.18. The number of benzene rings is 3. The van der Waals surface area contributed by atoms with E-state index in [2.05, 4.69) is 13.8 Å². The molecule has 0 saturated carbocycles. The Hall–Kier alpha value is -4.06. The summed E-state index contributed by atoms with van der Waals surface area (Å²) in [6.45, 7) is 5.07. The van der Waals surface area contributed by atoms with E-state index in [-0.39, 0.29) is 18.4 Å². The van der Waals surface area contributed by atoms with Gasteiger partial charge in [-0.3, -0.25) is 14.5 Å². The van der Waals surface area contributed by atoms with E-state index in [9.17, 15) is 9.59 Å². The van der Waals surface area contributed by atoms with E-state index in [1.165, 1.54) is 4.90 Å². The number of carbonyl (C=O) groups is 2. The number of ether oxygens (including phenoxy) is 3. The average Bonchev–Trinajstić information content (AvgIpc) is 2.89. The lowest BCUT2D eigenvalue weighted by Gasteiger charge is -2.29. The van der Waals surface area contributed by atoms with Crippen molar-refractivity contribution in [3.63, 3.8) is 0 Å². The normalized spacial score (nSPS) is 14.2. The Morgan fingerprint density at radius 3 is 2.22 bits per heavy atom. The summed E-state index contributed by atoms with van der Waals surface area (Å²) in [5.74, 6) is 1.86. The smallest absolute Gasteiger partial charge is 0.261 e. The molecule has 3 aromatic rings. The molecule has 4 rings (SSSR count). The lowest BCUT2D eigenvalue weighted by molar-refractivity contribution is -0.123. The highest BCUT2D eigenvalue weighted by Gasteiger charge is 2.34. The van der Waals surface area contributed by atoms with Crippen LogP contribution >= 0.6 is 0 Å². The van der Waals surface area contributed by atoms with Gasteiger partial charge < -0.3 is 14.2 Å². The van der Waals surface area contributed by atoms with Gasteiger partial charge in [0.15, 0.2) is 11.5 Å². The molecule has 0 radical (unpaired) electrons. The first-order valence-electron chi connectivity index (χ1n) is 12.0. The Bertz CT molecular complexity index is 1280. The number of carbonyl (C=O) groups excluding carboxylic acids is 2. The van der Waals surface area contributed by atoms with Crippen LogP contribution in [0.2, 0.25) is 0 Å². The predicted molar refractivity (Wildman–Crippen MR) is 140 cm³/mol. The molecule has 1 heterocycles. The van der Waals surface area contributed by atoms with Gasteiger partial charge in [-0.1, -0.05) is 50.2 Å². The van der Waals surface area contributed by atoms with Crippen LogP contribution in [0.1, 0.15) is 47.3 Å². The van der Waals surface area contributed by atoms with E-state index in [1.807, 2.05) is 60.7 Å². The van der Waals surface area contributed by atoms with Gasteiger partial charge in [-0.15, -0.1) is 0 Å². The molecule has 6 nitrogen and oxygen atoms in total. The number of hydrogen-bond donors (Lipinski definition) is 0. The van der Waals surface area contributed by atoms with Crippen LogP contribution in [0.5, 0.6) is 17.2 Å². The van der Waals surface area contributed by atoms with E-state index >= 15 is 0 Å². The molecule has 2 amide bonds. The minimum absolute atomic E-state index is 0.166. The molecule has 0 N–H and O–H groups in total. The van der Waals surface area contributed by atoms with Crippen LogP contribution in [0.15, 0.2) is 66.7 Å². The Morgan fingerprint density at radius 1 is 0.833 bits per heavy atom. The van der Waals surface area contributed by atoms with E-state index in [1.54, 1.807) is 26.4 Å². The van der Waals surface area contributed by atoms with Gasteiger partial charge in [0.1, 0.15) is 5.75 Å². The molecule has 0 atom stereocenters. The molecule has 186 valence electrons. The van der Waals surface area contributed by atoms with Crippen molar-refractivity contribution in [1.29, 1.82) is 0 Å². The highest BCUT2D eigenvalue weighted by molar-refractivity contribution is 6.33. The van der Waals surface area contributed by atoms with E-state index in [0.717, 1.165) is 17.5 Å². The second-order valence-electron chi connectivity index (χ2n) is 9.09. The molecule has 0 bridgehead atoms. The highest BCUT2D eigenvalue weighted by Crippen LogP contribution is 2.34. The number of methoxy groups -OCH3 is 2. The zero-order valence-electron chi connectivity index (χ0n) is 21.1. The Labute approximate surface area is 212 Å². The molecule has 1 aliphatic heterocycles. The van der Waals surface area contributed by atoms with Gasteiger partial charge in [0.2, 0.25) is 0 Å². The fourth-order valence-electron chi connectivity index (χ4n) is 4.06. The highest BCUT2D eigenvalue weighted by atomic mass is 16.5. The van der Waals surface area contributed by atoms with Gasteiger partial charge in [-0.25, -0.2) is 0 Å². The summed E-state index contributed by atoms with van der Waals surface area (Å²) in [6.07, 6.45) is 2.74. The molecule has 1 aliphatic rings. The van der Waals surface area contributed by atoms with Gasteiger partial charge in [-0.05, 0) is 65.4 Å². The summed E-state index contributed by atoms with van der Waals surface area (Å²) in [5, 5.41) is 0. The van der Waals surface area contributed by atoms with Crippen molar-refractivity contribution >= 4 is 23.5 Å². The van der Waals surface area contributed by atoms with Gasteiger partial charge >= 0.3 is 0 Å². The molecule has 6 heteroatoms. The fraction of sp³-hybridized carbons (Fsp3) is 0.267. The molecule has 0 unspecified atom stereocenters. The van der Waals surface area contributed by atoms with Crippen molar-refractivity contribution < 1.29 is 23.8 Å². The van der Waals surface area contributed by atoms with Crippen LogP contribution in [-0.2, 0) is 11.3 Å². The van der Waals surface area contributed by atoms with Crippen molar-refractivity contribution in [2.45, 2.75) is 26.8 Å². The van der Waals surface area contributed by atoms with E-state index in [0.29, 0.717) is 46.5 Å². The maximum absolute atomic E-state index is 13.6. The fourth-order valence-corrected chi connectivity index (χ4v) is 4.06. The second-order valence-corrected chi connectivity index (χ2v) is 9.09. The zero-order valence-corrected chi connectivity index (χ0v) is 21.1. The molecule has 36 heavy (non-hydrogen) atoms. The minimum Gasteiger partial charge on any atom is -0.497 e. The number of nitrogens with zero attached hydrogens (tertiary/aromatic N) is 1. The Morgan fingerprint density at radius 2 is 1.56 bits per heavy atom. The SMILES string of the molecule is COc1ccc(CN2C(=O)/C(=C\c3ccc(OCCC(C)C)c(OC)c3)c3ccccc3C2=O)cc1. The van der Waals surface area contributed by atoms with Crippen LogP contribution in [0.3, 0.4) is 0 Å². The van der Waals surface area contributed by atoms with Crippen molar-refractivity contribution in [2.75, 3.05) is 20.8 Å². The van der Waals surface area contributed by atoms with Crippen molar-refractivity contribution in [1.82, 2.24) is 4.90 Å². The van der Waals surface area contributed by atoms with Gasteiger partial charge in [0, 0.05) is 11.1 Å². The molecular formula is C30H31NO5. The minimum atomic E-state index is -0.342. The topological polar surface area (TPSA) is 65.1 Å². The van der Waals surface area contributed by atoms with Crippen molar-refractivity contribution in [2.24, 2.45) is 5.92 Å². The lowest BCUT2D eigenvalue weighted by atomic mass is 9.91. The quantitative estimate of drug-likeness (QED) is 0.281. The van der Waals surface area contributed by atoms with Crippen molar-refractivity contribution in [3.8, 4) is 17.2 Å². The maximum Gasteiger partial charge on any atom is 0.261 e. The van der Waals surface area contributed by atoms with Gasteiger partial charge in [0.05, 0.1) is 27.4 Å². The molecule has 3 aromatic carbocycles. The molecule has 0 spiro atoms. The molecule has 0 aliphatic carbocycles. The average molecular weight is 486 g/mol. The number of amides is 2. The molecule has 0 saturated heterocycles.